The maximum Gasteiger partial charge on any atom is 0.232 e. The van der Waals surface area contributed by atoms with E-state index in [4.69, 9.17) is 14.0 Å². The monoisotopic (exact) mass is 381 g/mol. The first-order valence-corrected chi connectivity index (χ1v) is 8.88. The van der Waals surface area contributed by atoms with Crippen molar-refractivity contribution in [3.8, 4) is 22.9 Å². The highest BCUT2D eigenvalue weighted by Crippen LogP contribution is 2.36. The lowest BCUT2D eigenvalue weighted by atomic mass is 10.1. The molecule has 7 nitrogen and oxygen atoms in total. The second-order valence-corrected chi connectivity index (χ2v) is 6.86. The summed E-state index contributed by atoms with van der Waals surface area (Å²) in [6, 6.07) is 10.2. The number of benzene rings is 2. The highest BCUT2D eigenvalue weighted by molar-refractivity contribution is 5.96. The van der Waals surface area contributed by atoms with Gasteiger partial charge in [-0.2, -0.15) is 4.98 Å². The Morgan fingerprint density at radius 1 is 1.14 bits per heavy atom. The number of nitrogens with zero attached hydrogens (tertiary/aromatic N) is 3. The minimum absolute atomic E-state index is 0.101. The maximum absolute atomic E-state index is 13.9. The van der Waals surface area contributed by atoms with Crippen LogP contribution in [0.15, 0.2) is 40.9 Å². The molecule has 0 radical (unpaired) electrons. The van der Waals surface area contributed by atoms with Gasteiger partial charge in [0.2, 0.25) is 24.4 Å². The molecule has 2 aromatic carbocycles. The average molecular weight is 381 g/mol. The van der Waals surface area contributed by atoms with E-state index in [1.54, 1.807) is 36.1 Å². The summed E-state index contributed by atoms with van der Waals surface area (Å²) in [6.45, 7) is 2.24. The van der Waals surface area contributed by atoms with Crippen LogP contribution in [0.2, 0.25) is 0 Å². The molecule has 0 aliphatic carbocycles. The molecule has 0 bridgehead atoms. The molecule has 1 fully saturated rings. The van der Waals surface area contributed by atoms with Gasteiger partial charge in [-0.1, -0.05) is 11.2 Å². The van der Waals surface area contributed by atoms with Gasteiger partial charge in [0.25, 0.3) is 0 Å². The fourth-order valence-electron chi connectivity index (χ4n) is 3.43. The molecule has 1 atom stereocenters. The summed E-state index contributed by atoms with van der Waals surface area (Å²) in [4.78, 5) is 18.5. The van der Waals surface area contributed by atoms with Gasteiger partial charge in [-0.25, -0.2) is 4.39 Å². The molecule has 1 amide bonds. The molecule has 2 aliphatic heterocycles. The van der Waals surface area contributed by atoms with Gasteiger partial charge in [0.1, 0.15) is 5.82 Å². The summed E-state index contributed by atoms with van der Waals surface area (Å²) in [7, 11) is 0. The van der Waals surface area contributed by atoms with Crippen molar-refractivity contribution in [3.63, 3.8) is 0 Å². The Labute approximate surface area is 159 Å². The minimum Gasteiger partial charge on any atom is -0.454 e. The number of hydrogen-bond donors (Lipinski definition) is 0. The molecule has 0 saturated carbocycles. The van der Waals surface area contributed by atoms with E-state index in [9.17, 15) is 9.18 Å². The SMILES string of the molecule is Cc1ccc(N2C[C@@H](c3nc(-c4ccc5c(c4)OCO5)no3)CC2=O)cc1F. The predicted molar refractivity (Wildman–Crippen MR) is 96.7 cm³/mol. The van der Waals surface area contributed by atoms with Crippen molar-refractivity contribution in [2.45, 2.75) is 19.3 Å². The Balaban J connectivity index is 1.37. The van der Waals surface area contributed by atoms with E-state index >= 15 is 0 Å². The first kappa shape index (κ1) is 16.7. The number of carbonyl (C=O) groups excluding carboxylic acids is 1. The van der Waals surface area contributed by atoms with Crippen LogP contribution in [-0.4, -0.2) is 29.4 Å². The molecule has 1 aromatic heterocycles. The Morgan fingerprint density at radius 2 is 2.00 bits per heavy atom. The van der Waals surface area contributed by atoms with Crippen molar-refractivity contribution in [3.05, 3.63) is 53.7 Å². The van der Waals surface area contributed by atoms with Crippen LogP contribution in [0.5, 0.6) is 11.5 Å². The third-order valence-corrected chi connectivity index (χ3v) is 5.01. The molecule has 2 aliphatic rings. The summed E-state index contributed by atoms with van der Waals surface area (Å²) in [6.07, 6.45) is 0.234. The van der Waals surface area contributed by atoms with Gasteiger partial charge in [0.05, 0.1) is 5.92 Å². The number of fused-ring (bicyclic) bond motifs is 1. The third-order valence-electron chi connectivity index (χ3n) is 5.01. The van der Waals surface area contributed by atoms with Crippen molar-refractivity contribution >= 4 is 11.6 Å². The van der Waals surface area contributed by atoms with Crippen molar-refractivity contribution < 1.29 is 23.2 Å². The van der Waals surface area contributed by atoms with Crippen molar-refractivity contribution in [2.24, 2.45) is 0 Å². The summed E-state index contributed by atoms with van der Waals surface area (Å²) >= 11 is 0. The lowest BCUT2D eigenvalue weighted by molar-refractivity contribution is -0.117. The van der Waals surface area contributed by atoms with Crippen LogP contribution in [0.4, 0.5) is 10.1 Å². The van der Waals surface area contributed by atoms with E-state index in [2.05, 4.69) is 10.1 Å². The molecule has 0 unspecified atom stereocenters. The van der Waals surface area contributed by atoms with Crippen LogP contribution >= 0.6 is 0 Å². The molecular weight excluding hydrogens is 365 g/mol. The largest absolute Gasteiger partial charge is 0.454 e. The highest BCUT2D eigenvalue weighted by Gasteiger charge is 2.35. The molecule has 3 aromatic rings. The molecule has 5 rings (SSSR count). The van der Waals surface area contributed by atoms with Crippen LogP contribution in [0.25, 0.3) is 11.4 Å². The zero-order valence-electron chi connectivity index (χ0n) is 15.0. The first-order valence-electron chi connectivity index (χ1n) is 8.88. The fourth-order valence-corrected chi connectivity index (χ4v) is 3.43. The zero-order chi connectivity index (χ0) is 19.3. The van der Waals surface area contributed by atoms with E-state index < -0.39 is 0 Å². The van der Waals surface area contributed by atoms with Gasteiger partial charge >= 0.3 is 0 Å². The second kappa shape index (κ2) is 6.33. The highest BCUT2D eigenvalue weighted by atomic mass is 19.1. The summed E-state index contributed by atoms with van der Waals surface area (Å²) in [5.41, 5.74) is 1.81. The average Bonchev–Trinajstić information content (AvgIpc) is 3.42. The first-order chi connectivity index (χ1) is 13.6. The summed E-state index contributed by atoms with van der Waals surface area (Å²) in [5, 5.41) is 4.03. The standard InChI is InChI=1S/C20H16FN3O4/c1-11-2-4-14(8-15(11)21)24-9-13(7-18(24)25)20-22-19(23-28-20)12-3-5-16-17(6-12)27-10-26-16/h2-6,8,13H,7,9-10H2,1H3/t13-/m0/s1. The van der Waals surface area contributed by atoms with Gasteiger partial charge in [-0.15, -0.1) is 0 Å². The predicted octanol–water partition coefficient (Wildman–Crippen LogP) is 3.43. The topological polar surface area (TPSA) is 77.7 Å². The van der Waals surface area contributed by atoms with Gasteiger partial charge in [-0.05, 0) is 42.8 Å². The lowest BCUT2D eigenvalue weighted by Gasteiger charge is -2.16. The van der Waals surface area contributed by atoms with Crippen molar-refractivity contribution in [2.75, 3.05) is 18.2 Å². The number of aromatic nitrogens is 2. The number of carbonyl (C=O) groups is 1. The van der Waals surface area contributed by atoms with Crippen LogP contribution in [0.1, 0.15) is 23.8 Å². The number of hydrogen-bond acceptors (Lipinski definition) is 6. The van der Waals surface area contributed by atoms with Gasteiger partial charge < -0.3 is 18.9 Å². The second-order valence-electron chi connectivity index (χ2n) is 6.86. The molecule has 0 spiro atoms. The van der Waals surface area contributed by atoms with E-state index in [1.807, 2.05) is 6.07 Å². The Hall–Kier alpha value is -3.42. The van der Waals surface area contributed by atoms with E-state index in [0.29, 0.717) is 41.0 Å². The number of amides is 1. The summed E-state index contributed by atoms with van der Waals surface area (Å²) in [5.74, 6) is 1.43. The molecule has 1 saturated heterocycles. The van der Waals surface area contributed by atoms with Crippen molar-refractivity contribution in [1.82, 2.24) is 10.1 Å². The zero-order valence-corrected chi connectivity index (χ0v) is 15.0. The van der Waals surface area contributed by atoms with E-state index in [1.165, 1.54) is 6.07 Å². The Morgan fingerprint density at radius 3 is 2.86 bits per heavy atom. The third kappa shape index (κ3) is 2.77. The lowest BCUT2D eigenvalue weighted by Crippen LogP contribution is -2.24. The van der Waals surface area contributed by atoms with Gasteiger partial charge in [0.15, 0.2) is 11.5 Å². The smallest absolute Gasteiger partial charge is 0.232 e. The van der Waals surface area contributed by atoms with Crippen LogP contribution in [0, 0.1) is 12.7 Å². The molecule has 142 valence electrons. The number of aryl methyl sites for hydroxylation is 1. The molecule has 0 N–H and O–H groups in total. The molecule has 8 heteroatoms. The Bertz CT molecular complexity index is 1080. The minimum atomic E-state index is -0.336. The molecule has 28 heavy (non-hydrogen) atoms. The number of halogens is 1. The number of ether oxygens (including phenoxy) is 2. The fraction of sp³-hybridized carbons (Fsp3) is 0.250. The van der Waals surface area contributed by atoms with Crippen LogP contribution in [-0.2, 0) is 4.79 Å². The van der Waals surface area contributed by atoms with E-state index in [0.717, 1.165) is 5.56 Å². The van der Waals surface area contributed by atoms with Crippen LogP contribution < -0.4 is 14.4 Å². The van der Waals surface area contributed by atoms with Gasteiger partial charge in [0, 0.05) is 24.2 Å². The molecule has 3 heterocycles. The maximum atomic E-state index is 13.9. The normalized spacial score (nSPS) is 18.1. The quantitative estimate of drug-likeness (QED) is 0.692. The van der Waals surface area contributed by atoms with E-state index in [-0.39, 0.29) is 30.9 Å². The summed E-state index contributed by atoms with van der Waals surface area (Å²) < 4.78 is 30.0. The van der Waals surface area contributed by atoms with Crippen LogP contribution in [0.3, 0.4) is 0 Å². The number of anilines is 1. The van der Waals surface area contributed by atoms with Gasteiger partial charge in [-0.3, -0.25) is 4.79 Å². The number of rotatable bonds is 3. The Kier molecular flexibility index (Phi) is 3.78. The van der Waals surface area contributed by atoms with Crippen molar-refractivity contribution in [1.29, 1.82) is 0 Å². The molecular formula is C20H16FN3O4.